The van der Waals surface area contributed by atoms with E-state index in [0.717, 1.165) is 32.5 Å². The van der Waals surface area contributed by atoms with E-state index >= 15 is 0 Å². The molecule has 0 aliphatic heterocycles. The summed E-state index contributed by atoms with van der Waals surface area (Å²) in [4.78, 5) is 14.9. The molecule has 0 aliphatic rings. The number of thiophene rings is 1. The highest BCUT2D eigenvalue weighted by atomic mass is 35.5. The zero-order valence-corrected chi connectivity index (χ0v) is 20.6. The lowest BCUT2D eigenvalue weighted by Crippen LogP contribution is -2.00. The van der Waals surface area contributed by atoms with E-state index in [1.54, 1.807) is 11.3 Å². The molecular weight excluding hydrogens is 482 g/mol. The Morgan fingerprint density at radius 3 is 2.11 bits per heavy atom. The second-order valence-electron chi connectivity index (χ2n) is 8.66. The van der Waals surface area contributed by atoms with E-state index in [0.29, 0.717) is 17.5 Å². The number of hydrogen-bond acceptors (Lipinski definition) is 4. The van der Waals surface area contributed by atoms with Crippen molar-refractivity contribution in [1.29, 1.82) is 0 Å². The van der Waals surface area contributed by atoms with Gasteiger partial charge in [-0.15, -0.1) is 11.3 Å². The average molecular weight is 500 g/mol. The normalized spacial score (nSPS) is 11.5. The molecule has 5 heteroatoms. The van der Waals surface area contributed by atoms with Gasteiger partial charge in [0.25, 0.3) is 0 Å². The highest BCUT2D eigenvalue weighted by Crippen LogP contribution is 2.39. The standard InChI is InChI=1S/C31H18ClN3S/c32-23-16-15-20-17-22(14-13-21(20)18-23)30-33-29(19-7-2-1-3-8-19)34-31(35-30)26-11-6-10-25-24-9-4-5-12-27(24)36-28(25)26/h1-18H. The highest BCUT2D eigenvalue weighted by Gasteiger charge is 2.16. The number of halogens is 1. The van der Waals surface area contributed by atoms with Crippen LogP contribution in [0.4, 0.5) is 0 Å². The topological polar surface area (TPSA) is 38.7 Å². The van der Waals surface area contributed by atoms with Crippen LogP contribution in [0.25, 0.3) is 65.1 Å². The largest absolute Gasteiger partial charge is 0.208 e. The Hall–Kier alpha value is -4.12. The molecule has 0 saturated heterocycles. The summed E-state index contributed by atoms with van der Waals surface area (Å²) >= 11 is 7.97. The minimum atomic E-state index is 0.647. The second kappa shape index (κ2) is 8.52. The minimum absolute atomic E-state index is 0.647. The number of aromatic nitrogens is 3. The molecule has 0 aliphatic carbocycles. The molecule has 0 saturated carbocycles. The smallest absolute Gasteiger partial charge is 0.165 e. The third-order valence-electron chi connectivity index (χ3n) is 6.37. The van der Waals surface area contributed by atoms with Crippen molar-refractivity contribution < 1.29 is 0 Å². The molecule has 0 bridgehead atoms. The molecule has 0 N–H and O–H groups in total. The van der Waals surface area contributed by atoms with Crippen molar-refractivity contribution in [3.05, 3.63) is 114 Å². The summed E-state index contributed by atoms with van der Waals surface area (Å²) in [7, 11) is 0. The summed E-state index contributed by atoms with van der Waals surface area (Å²) in [6, 6.07) is 37.1. The van der Waals surface area contributed by atoms with Crippen molar-refractivity contribution in [2.45, 2.75) is 0 Å². The lowest BCUT2D eigenvalue weighted by atomic mass is 10.1. The molecule has 0 spiro atoms. The number of fused-ring (bicyclic) bond motifs is 4. The van der Waals surface area contributed by atoms with Gasteiger partial charge in [0, 0.05) is 41.9 Å². The molecule has 7 aromatic rings. The summed E-state index contributed by atoms with van der Waals surface area (Å²) in [5.74, 6) is 1.98. The summed E-state index contributed by atoms with van der Waals surface area (Å²) < 4.78 is 2.44. The SMILES string of the molecule is Clc1ccc2cc(-c3nc(-c4ccccc4)nc(-c4cccc5c4sc4ccccc45)n3)ccc2c1. The van der Waals surface area contributed by atoms with Crippen LogP contribution in [0.3, 0.4) is 0 Å². The Kier molecular flexibility index (Phi) is 5.01. The number of rotatable bonds is 3. The molecule has 0 amide bonds. The monoisotopic (exact) mass is 499 g/mol. The molecule has 3 nitrogen and oxygen atoms in total. The molecule has 0 atom stereocenters. The van der Waals surface area contributed by atoms with Crippen LogP contribution in [0, 0.1) is 0 Å². The van der Waals surface area contributed by atoms with E-state index in [1.807, 2.05) is 54.6 Å². The van der Waals surface area contributed by atoms with Gasteiger partial charge in [-0.3, -0.25) is 0 Å². The predicted octanol–water partition coefficient (Wildman–Crippen LogP) is 9.05. The third-order valence-corrected chi connectivity index (χ3v) is 7.83. The molecule has 5 aromatic carbocycles. The lowest BCUT2D eigenvalue weighted by molar-refractivity contribution is 1.08. The lowest BCUT2D eigenvalue weighted by Gasteiger charge is -2.10. The van der Waals surface area contributed by atoms with Crippen LogP contribution >= 0.6 is 22.9 Å². The van der Waals surface area contributed by atoms with Crippen LogP contribution in [0.2, 0.25) is 5.02 Å². The van der Waals surface area contributed by atoms with Crippen molar-refractivity contribution in [3.8, 4) is 34.2 Å². The van der Waals surface area contributed by atoms with E-state index in [4.69, 9.17) is 26.6 Å². The molecule has 0 radical (unpaired) electrons. The van der Waals surface area contributed by atoms with Crippen LogP contribution in [0.1, 0.15) is 0 Å². The fourth-order valence-electron chi connectivity index (χ4n) is 4.62. The van der Waals surface area contributed by atoms with Gasteiger partial charge in [0.05, 0.1) is 0 Å². The Balaban J connectivity index is 1.48. The maximum atomic E-state index is 6.20. The first kappa shape index (κ1) is 21.2. The van der Waals surface area contributed by atoms with E-state index < -0.39 is 0 Å². The van der Waals surface area contributed by atoms with Gasteiger partial charge < -0.3 is 0 Å². The Morgan fingerprint density at radius 2 is 1.22 bits per heavy atom. The van der Waals surface area contributed by atoms with Crippen molar-refractivity contribution in [1.82, 2.24) is 15.0 Å². The van der Waals surface area contributed by atoms with Gasteiger partial charge in [-0.05, 0) is 41.1 Å². The highest BCUT2D eigenvalue weighted by molar-refractivity contribution is 7.26. The van der Waals surface area contributed by atoms with Crippen LogP contribution in [0.5, 0.6) is 0 Å². The van der Waals surface area contributed by atoms with Gasteiger partial charge in [-0.1, -0.05) is 90.5 Å². The molecular formula is C31H18ClN3S. The van der Waals surface area contributed by atoms with Crippen molar-refractivity contribution >= 4 is 53.9 Å². The fraction of sp³-hybridized carbons (Fsp3) is 0. The van der Waals surface area contributed by atoms with Crippen LogP contribution < -0.4 is 0 Å². The first-order valence-corrected chi connectivity index (χ1v) is 12.8. The summed E-state index contributed by atoms with van der Waals surface area (Å²) in [5, 5.41) is 5.37. The molecule has 0 fully saturated rings. The van der Waals surface area contributed by atoms with Crippen molar-refractivity contribution in [2.75, 3.05) is 0 Å². The van der Waals surface area contributed by atoms with E-state index in [9.17, 15) is 0 Å². The van der Waals surface area contributed by atoms with Gasteiger partial charge in [-0.25, -0.2) is 15.0 Å². The van der Waals surface area contributed by atoms with E-state index in [1.165, 1.54) is 20.2 Å². The molecule has 2 aromatic heterocycles. The van der Waals surface area contributed by atoms with Gasteiger partial charge in [0.15, 0.2) is 17.5 Å². The first-order valence-electron chi connectivity index (χ1n) is 11.6. The van der Waals surface area contributed by atoms with Gasteiger partial charge in [-0.2, -0.15) is 0 Å². The van der Waals surface area contributed by atoms with Gasteiger partial charge >= 0.3 is 0 Å². The molecule has 0 unspecified atom stereocenters. The van der Waals surface area contributed by atoms with Gasteiger partial charge in [0.2, 0.25) is 0 Å². The maximum Gasteiger partial charge on any atom is 0.165 e. The van der Waals surface area contributed by atoms with E-state index in [-0.39, 0.29) is 0 Å². The zero-order valence-electron chi connectivity index (χ0n) is 19.0. The number of nitrogens with zero attached hydrogens (tertiary/aromatic N) is 3. The summed E-state index contributed by atoms with van der Waals surface area (Å²) in [6.45, 7) is 0. The average Bonchev–Trinajstić information content (AvgIpc) is 3.32. The van der Waals surface area contributed by atoms with Crippen molar-refractivity contribution in [3.63, 3.8) is 0 Å². The Labute approximate surface area is 216 Å². The maximum absolute atomic E-state index is 6.20. The van der Waals surface area contributed by atoms with E-state index in [2.05, 4.69) is 54.6 Å². The predicted molar refractivity (Wildman–Crippen MR) is 152 cm³/mol. The fourth-order valence-corrected chi connectivity index (χ4v) is 6.01. The summed E-state index contributed by atoms with van der Waals surface area (Å²) in [6.07, 6.45) is 0. The Bertz CT molecular complexity index is 1910. The first-order chi connectivity index (χ1) is 17.7. The molecule has 36 heavy (non-hydrogen) atoms. The summed E-state index contributed by atoms with van der Waals surface area (Å²) in [5.41, 5.74) is 2.91. The van der Waals surface area contributed by atoms with Crippen molar-refractivity contribution in [2.24, 2.45) is 0 Å². The molecule has 2 heterocycles. The van der Waals surface area contributed by atoms with Gasteiger partial charge in [0.1, 0.15) is 0 Å². The molecule has 170 valence electrons. The Morgan fingerprint density at radius 1 is 0.528 bits per heavy atom. The zero-order chi connectivity index (χ0) is 24.1. The van der Waals surface area contributed by atoms with Crippen LogP contribution in [-0.2, 0) is 0 Å². The quantitative estimate of drug-likeness (QED) is 0.243. The van der Waals surface area contributed by atoms with Crippen LogP contribution in [-0.4, -0.2) is 15.0 Å². The molecule has 7 rings (SSSR count). The third kappa shape index (κ3) is 3.63. The second-order valence-corrected chi connectivity index (χ2v) is 10.1. The number of benzene rings is 5. The minimum Gasteiger partial charge on any atom is -0.208 e. The van der Waals surface area contributed by atoms with Crippen LogP contribution in [0.15, 0.2) is 109 Å². The number of hydrogen-bond donors (Lipinski definition) is 0.